The third kappa shape index (κ3) is 4.96. The maximum atomic E-state index is 14.5. The second-order valence-corrected chi connectivity index (χ2v) is 6.88. The second-order valence-electron chi connectivity index (χ2n) is 6.88. The van der Waals surface area contributed by atoms with Crippen molar-refractivity contribution in [1.82, 2.24) is 9.97 Å². The number of unbranched alkanes of at least 4 members (excludes halogenated alkanes) is 2. The molecule has 6 heteroatoms. The van der Waals surface area contributed by atoms with Crippen molar-refractivity contribution in [3.05, 3.63) is 66.2 Å². The largest absolute Gasteiger partial charge is 0.396 e. The Bertz CT molecular complexity index is 973. The van der Waals surface area contributed by atoms with E-state index in [1.165, 1.54) is 6.20 Å². The van der Waals surface area contributed by atoms with Gasteiger partial charge in [0.15, 0.2) is 11.6 Å². The predicted octanol–water partition coefficient (Wildman–Crippen LogP) is 5.39. The molecule has 0 saturated carbocycles. The number of nitrogens with two attached hydrogens (primary N) is 1. The van der Waals surface area contributed by atoms with Crippen molar-refractivity contribution in [2.45, 2.75) is 32.7 Å². The lowest BCUT2D eigenvalue weighted by Gasteiger charge is -2.26. The van der Waals surface area contributed by atoms with E-state index in [4.69, 9.17) is 10.7 Å². The number of aliphatic imine (C=N–C) groups is 1. The van der Waals surface area contributed by atoms with Gasteiger partial charge < -0.3 is 10.6 Å². The van der Waals surface area contributed by atoms with Crippen LogP contribution < -0.4 is 10.6 Å². The molecule has 150 valence electrons. The molecule has 0 fully saturated rings. The minimum absolute atomic E-state index is 0.394. The summed E-state index contributed by atoms with van der Waals surface area (Å²) in [7, 11) is 0. The standard InChI is InChI=1S/C23H26FN5/c1-3-4-5-13-29(22-11-12-27-16-19(22)24)23-20(25)9-10-21(28-23)18-8-6-7-17(14-18)15-26-2/h6-12,14,16H,2-5,13,15,25H2,1H3. The van der Waals surface area contributed by atoms with Gasteiger partial charge in [0, 0.05) is 18.3 Å². The fourth-order valence-electron chi connectivity index (χ4n) is 3.24. The van der Waals surface area contributed by atoms with Crippen molar-refractivity contribution in [2.24, 2.45) is 4.99 Å². The van der Waals surface area contributed by atoms with Crippen molar-refractivity contribution in [3.63, 3.8) is 0 Å². The molecular weight excluding hydrogens is 365 g/mol. The topological polar surface area (TPSA) is 67.4 Å². The number of aromatic nitrogens is 2. The van der Waals surface area contributed by atoms with Crippen molar-refractivity contribution < 1.29 is 4.39 Å². The molecule has 1 aromatic carbocycles. The van der Waals surface area contributed by atoms with Gasteiger partial charge in [-0.15, -0.1) is 0 Å². The minimum atomic E-state index is -0.394. The van der Waals surface area contributed by atoms with E-state index < -0.39 is 5.82 Å². The third-order valence-corrected chi connectivity index (χ3v) is 4.71. The number of hydrogen-bond acceptors (Lipinski definition) is 5. The van der Waals surface area contributed by atoms with Crippen LogP contribution in [0.25, 0.3) is 11.3 Å². The molecule has 0 aliphatic rings. The Labute approximate surface area is 171 Å². The number of benzene rings is 1. The lowest BCUT2D eigenvalue weighted by molar-refractivity contribution is 0.614. The molecule has 2 N–H and O–H groups in total. The molecule has 0 bridgehead atoms. The summed E-state index contributed by atoms with van der Waals surface area (Å²) in [6, 6.07) is 13.4. The second kappa shape index (κ2) is 9.78. The quantitative estimate of drug-likeness (QED) is 0.392. The first-order valence-electron chi connectivity index (χ1n) is 9.79. The van der Waals surface area contributed by atoms with Gasteiger partial charge in [-0.1, -0.05) is 38.0 Å². The van der Waals surface area contributed by atoms with Gasteiger partial charge >= 0.3 is 0 Å². The number of pyridine rings is 2. The Hall–Kier alpha value is -3.28. The zero-order valence-corrected chi connectivity index (χ0v) is 16.7. The summed E-state index contributed by atoms with van der Waals surface area (Å²) in [5.74, 6) is 0.158. The number of rotatable bonds is 9. The van der Waals surface area contributed by atoms with E-state index in [9.17, 15) is 4.39 Å². The highest BCUT2D eigenvalue weighted by Crippen LogP contribution is 2.33. The fraction of sp³-hybridized carbons (Fsp3) is 0.261. The molecule has 0 saturated heterocycles. The van der Waals surface area contributed by atoms with Gasteiger partial charge in [-0.05, 0) is 43.0 Å². The Balaban J connectivity index is 2.04. The molecule has 0 amide bonds. The van der Waals surface area contributed by atoms with Crippen LogP contribution in [0.15, 0.2) is 59.9 Å². The van der Waals surface area contributed by atoms with E-state index in [1.807, 2.05) is 41.3 Å². The zero-order chi connectivity index (χ0) is 20.6. The monoisotopic (exact) mass is 391 g/mol. The Morgan fingerprint density at radius 2 is 2.03 bits per heavy atom. The highest BCUT2D eigenvalue weighted by molar-refractivity contribution is 5.75. The van der Waals surface area contributed by atoms with Crippen LogP contribution in [0.4, 0.5) is 21.6 Å². The summed E-state index contributed by atoms with van der Waals surface area (Å²) in [5, 5.41) is 0. The van der Waals surface area contributed by atoms with Crippen LogP contribution in [0, 0.1) is 5.82 Å². The number of anilines is 3. The Kier molecular flexibility index (Phi) is 6.89. The van der Waals surface area contributed by atoms with Gasteiger partial charge in [0.05, 0.1) is 29.8 Å². The maximum absolute atomic E-state index is 14.5. The first-order valence-corrected chi connectivity index (χ1v) is 9.79. The molecule has 0 radical (unpaired) electrons. The van der Waals surface area contributed by atoms with E-state index in [0.717, 1.165) is 36.1 Å². The molecular formula is C23H26FN5. The summed E-state index contributed by atoms with van der Waals surface area (Å²) in [4.78, 5) is 14.5. The molecule has 2 aromatic heterocycles. The average Bonchev–Trinajstić information content (AvgIpc) is 2.73. The lowest BCUT2D eigenvalue weighted by Crippen LogP contribution is -2.22. The van der Waals surface area contributed by atoms with E-state index in [1.54, 1.807) is 12.3 Å². The third-order valence-electron chi connectivity index (χ3n) is 4.71. The molecule has 29 heavy (non-hydrogen) atoms. The van der Waals surface area contributed by atoms with Crippen LogP contribution in [-0.4, -0.2) is 23.2 Å². The molecule has 0 aliphatic carbocycles. The zero-order valence-electron chi connectivity index (χ0n) is 16.7. The van der Waals surface area contributed by atoms with Crippen molar-refractivity contribution >= 4 is 23.9 Å². The number of halogens is 1. The molecule has 0 unspecified atom stereocenters. The molecule has 3 aromatic rings. The van der Waals surface area contributed by atoms with Gasteiger partial charge in [0.25, 0.3) is 0 Å². The SMILES string of the molecule is C=NCc1cccc(-c2ccc(N)c(N(CCCCC)c3ccncc3F)n2)c1. The average molecular weight is 391 g/mol. The Morgan fingerprint density at radius 1 is 1.17 bits per heavy atom. The lowest BCUT2D eigenvalue weighted by atomic mass is 10.1. The smallest absolute Gasteiger partial charge is 0.165 e. The van der Waals surface area contributed by atoms with Gasteiger partial charge in [-0.2, -0.15) is 0 Å². The first-order chi connectivity index (χ1) is 14.1. The predicted molar refractivity (Wildman–Crippen MR) is 118 cm³/mol. The van der Waals surface area contributed by atoms with Crippen LogP contribution in [0.3, 0.4) is 0 Å². The van der Waals surface area contributed by atoms with Gasteiger partial charge in [-0.25, -0.2) is 9.37 Å². The fourth-order valence-corrected chi connectivity index (χ4v) is 3.24. The van der Waals surface area contributed by atoms with Gasteiger partial charge in [-0.3, -0.25) is 9.98 Å². The number of hydrogen-bond donors (Lipinski definition) is 1. The van der Waals surface area contributed by atoms with Crippen LogP contribution in [0.2, 0.25) is 0 Å². The van der Waals surface area contributed by atoms with E-state index in [0.29, 0.717) is 30.3 Å². The Morgan fingerprint density at radius 3 is 2.79 bits per heavy atom. The highest BCUT2D eigenvalue weighted by atomic mass is 19.1. The summed E-state index contributed by atoms with van der Waals surface area (Å²) in [5.41, 5.74) is 9.99. The van der Waals surface area contributed by atoms with E-state index in [-0.39, 0.29) is 0 Å². The summed E-state index contributed by atoms with van der Waals surface area (Å²) in [6.45, 7) is 6.85. The molecule has 0 aliphatic heterocycles. The van der Waals surface area contributed by atoms with Crippen LogP contribution in [-0.2, 0) is 6.54 Å². The van der Waals surface area contributed by atoms with Gasteiger partial charge in [0.1, 0.15) is 0 Å². The molecule has 0 spiro atoms. The molecule has 3 rings (SSSR count). The van der Waals surface area contributed by atoms with Crippen molar-refractivity contribution in [2.75, 3.05) is 17.2 Å². The number of nitrogens with zero attached hydrogens (tertiary/aromatic N) is 4. The van der Waals surface area contributed by atoms with Crippen LogP contribution in [0.1, 0.15) is 31.7 Å². The molecule has 5 nitrogen and oxygen atoms in total. The summed E-state index contributed by atoms with van der Waals surface area (Å²) >= 11 is 0. The highest BCUT2D eigenvalue weighted by Gasteiger charge is 2.18. The van der Waals surface area contributed by atoms with Gasteiger partial charge in [0.2, 0.25) is 0 Å². The van der Waals surface area contributed by atoms with Crippen molar-refractivity contribution in [1.29, 1.82) is 0 Å². The first kappa shape index (κ1) is 20.5. The summed E-state index contributed by atoms with van der Waals surface area (Å²) in [6.07, 6.45) is 5.81. The molecule has 2 heterocycles. The van der Waals surface area contributed by atoms with E-state index >= 15 is 0 Å². The maximum Gasteiger partial charge on any atom is 0.165 e. The summed E-state index contributed by atoms with van der Waals surface area (Å²) < 4.78 is 14.5. The number of nitrogen functional groups attached to an aromatic ring is 1. The van der Waals surface area contributed by atoms with Crippen molar-refractivity contribution in [3.8, 4) is 11.3 Å². The van der Waals surface area contributed by atoms with Crippen LogP contribution >= 0.6 is 0 Å². The minimum Gasteiger partial charge on any atom is -0.396 e. The van der Waals surface area contributed by atoms with Crippen LogP contribution in [0.5, 0.6) is 0 Å². The normalized spacial score (nSPS) is 10.7. The van der Waals surface area contributed by atoms with E-state index in [2.05, 4.69) is 23.6 Å². The molecule has 0 atom stereocenters.